The minimum atomic E-state index is 0.741. The van der Waals surface area contributed by atoms with Crippen LogP contribution < -0.4 is 0 Å². The molecule has 0 aliphatic heterocycles. The molecule has 2 N–H and O–H groups in total. The fourth-order valence-corrected chi connectivity index (χ4v) is 2.36. The molecule has 3 rings (SSSR count). The molecule has 2 heterocycles. The maximum absolute atomic E-state index is 4.46. The fourth-order valence-electron chi connectivity index (χ4n) is 2.36. The van der Waals surface area contributed by atoms with Gasteiger partial charge in [-0.1, -0.05) is 30.4 Å². The summed E-state index contributed by atoms with van der Waals surface area (Å²) >= 11 is 0. The Balaban J connectivity index is 2.18. The Morgan fingerprint density at radius 3 is 2.77 bits per heavy atom. The van der Waals surface area contributed by atoms with Gasteiger partial charge < -0.3 is 0 Å². The second-order valence-electron chi connectivity index (χ2n) is 5.25. The lowest BCUT2D eigenvalue weighted by Gasteiger charge is -2.01. The third kappa shape index (κ3) is 2.61. The van der Waals surface area contributed by atoms with E-state index in [4.69, 9.17) is 0 Å². The number of benzene rings is 1. The van der Waals surface area contributed by atoms with Crippen molar-refractivity contribution in [2.75, 3.05) is 0 Å². The van der Waals surface area contributed by atoms with Gasteiger partial charge in [-0.25, -0.2) is 4.98 Å². The average Bonchev–Trinajstić information content (AvgIpc) is 3.15. The average molecular weight is 291 g/mol. The zero-order valence-electron chi connectivity index (χ0n) is 12.6. The first kappa shape index (κ1) is 14.0. The molecule has 0 aliphatic rings. The van der Waals surface area contributed by atoms with E-state index >= 15 is 0 Å². The second kappa shape index (κ2) is 5.81. The zero-order chi connectivity index (χ0) is 15.5. The highest BCUT2D eigenvalue weighted by Gasteiger charge is 2.11. The first-order chi connectivity index (χ1) is 10.7. The van der Waals surface area contributed by atoms with Crippen molar-refractivity contribution in [1.82, 2.24) is 25.4 Å². The molecule has 5 heteroatoms. The Morgan fingerprint density at radius 1 is 1.23 bits per heavy atom. The summed E-state index contributed by atoms with van der Waals surface area (Å²) < 4.78 is 0. The summed E-state index contributed by atoms with van der Waals surface area (Å²) in [5.41, 5.74) is 5.09. The molecule has 0 aliphatic carbocycles. The van der Waals surface area contributed by atoms with Crippen LogP contribution in [0, 0.1) is 0 Å². The van der Waals surface area contributed by atoms with Gasteiger partial charge in [-0.2, -0.15) is 10.2 Å². The number of H-pyrrole nitrogens is 2. The van der Waals surface area contributed by atoms with Crippen molar-refractivity contribution in [2.24, 2.45) is 0 Å². The summed E-state index contributed by atoms with van der Waals surface area (Å²) in [6.45, 7) is 7.91. The number of aromatic amines is 2. The van der Waals surface area contributed by atoms with E-state index in [1.165, 1.54) is 11.9 Å². The first-order valence-electron chi connectivity index (χ1n) is 7.01. The SMILES string of the molecule is C=C/C=C(\C=C(C)C)c1n[nH]c2ccc(-c3ncn[nH]3)cc12. The van der Waals surface area contributed by atoms with Gasteiger partial charge in [0.05, 0.1) is 11.2 Å². The van der Waals surface area contributed by atoms with Crippen LogP contribution in [-0.4, -0.2) is 25.4 Å². The quantitative estimate of drug-likeness (QED) is 0.716. The van der Waals surface area contributed by atoms with Gasteiger partial charge in [-0.3, -0.25) is 10.2 Å². The lowest BCUT2D eigenvalue weighted by molar-refractivity contribution is 1.10. The number of aromatic nitrogens is 5. The maximum Gasteiger partial charge on any atom is 0.155 e. The van der Waals surface area contributed by atoms with E-state index in [1.54, 1.807) is 6.08 Å². The minimum Gasteiger partial charge on any atom is -0.277 e. The van der Waals surface area contributed by atoms with Gasteiger partial charge in [0.25, 0.3) is 0 Å². The van der Waals surface area contributed by atoms with Crippen LogP contribution in [0.2, 0.25) is 0 Å². The van der Waals surface area contributed by atoms with Gasteiger partial charge >= 0.3 is 0 Å². The van der Waals surface area contributed by atoms with Crippen LogP contribution in [0.1, 0.15) is 19.5 Å². The molecular weight excluding hydrogens is 274 g/mol. The van der Waals surface area contributed by atoms with E-state index in [2.05, 4.69) is 57.9 Å². The van der Waals surface area contributed by atoms with Gasteiger partial charge in [0.2, 0.25) is 0 Å². The third-order valence-electron chi connectivity index (χ3n) is 3.27. The number of nitrogens with one attached hydrogen (secondary N) is 2. The van der Waals surface area contributed by atoms with E-state index in [-0.39, 0.29) is 0 Å². The molecule has 5 nitrogen and oxygen atoms in total. The summed E-state index contributed by atoms with van der Waals surface area (Å²) in [5.74, 6) is 0.741. The molecule has 22 heavy (non-hydrogen) atoms. The van der Waals surface area contributed by atoms with Crippen LogP contribution in [0.3, 0.4) is 0 Å². The van der Waals surface area contributed by atoms with Gasteiger partial charge in [-0.05, 0) is 32.0 Å². The molecule has 3 aromatic rings. The fraction of sp³-hybridized carbons (Fsp3) is 0.118. The number of nitrogens with zero attached hydrogens (tertiary/aromatic N) is 3. The molecule has 0 saturated carbocycles. The van der Waals surface area contributed by atoms with Crippen molar-refractivity contribution in [3.63, 3.8) is 0 Å². The minimum absolute atomic E-state index is 0.741. The molecule has 0 radical (unpaired) electrons. The van der Waals surface area contributed by atoms with Gasteiger partial charge in [0, 0.05) is 16.5 Å². The van der Waals surface area contributed by atoms with E-state index in [0.29, 0.717) is 0 Å². The number of fused-ring (bicyclic) bond motifs is 1. The highest BCUT2D eigenvalue weighted by atomic mass is 15.2. The van der Waals surface area contributed by atoms with Crippen molar-refractivity contribution < 1.29 is 0 Å². The summed E-state index contributed by atoms with van der Waals surface area (Å²) in [6, 6.07) is 6.05. The van der Waals surface area contributed by atoms with Crippen molar-refractivity contribution >= 4 is 16.5 Å². The van der Waals surface area contributed by atoms with E-state index in [0.717, 1.165) is 33.6 Å². The summed E-state index contributed by atoms with van der Waals surface area (Å²) in [5, 5.41) is 15.4. The Hall–Kier alpha value is -2.95. The number of allylic oxidation sites excluding steroid dienone is 5. The molecule has 0 fully saturated rings. The van der Waals surface area contributed by atoms with E-state index < -0.39 is 0 Å². The summed E-state index contributed by atoms with van der Waals surface area (Å²) in [7, 11) is 0. The predicted molar refractivity (Wildman–Crippen MR) is 89.1 cm³/mol. The summed E-state index contributed by atoms with van der Waals surface area (Å²) in [4.78, 5) is 4.20. The van der Waals surface area contributed by atoms with Crippen LogP contribution in [0.15, 0.2) is 54.9 Å². The van der Waals surface area contributed by atoms with Crippen LogP contribution in [0.25, 0.3) is 27.9 Å². The molecule has 0 amide bonds. The van der Waals surface area contributed by atoms with Crippen LogP contribution >= 0.6 is 0 Å². The van der Waals surface area contributed by atoms with Crippen LogP contribution in [-0.2, 0) is 0 Å². The predicted octanol–water partition coefficient (Wildman–Crippen LogP) is 3.88. The van der Waals surface area contributed by atoms with Gasteiger partial charge in [-0.15, -0.1) is 0 Å². The largest absolute Gasteiger partial charge is 0.277 e. The molecule has 2 aromatic heterocycles. The molecule has 0 spiro atoms. The number of hydrogen-bond acceptors (Lipinski definition) is 3. The Bertz CT molecular complexity index is 862. The topological polar surface area (TPSA) is 70.2 Å². The Labute approximate surface area is 128 Å². The zero-order valence-corrected chi connectivity index (χ0v) is 12.6. The maximum atomic E-state index is 4.46. The monoisotopic (exact) mass is 291 g/mol. The summed E-state index contributed by atoms with van der Waals surface area (Å²) in [6.07, 6.45) is 7.33. The molecule has 0 bridgehead atoms. The molecule has 0 unspecified atom stereocenters. The molecular formula is C17H17N5. The molecule has 0 atom stereocenters. The normalized spacial score (nSPS) is 11.6. The van der Waals surface area contributed by atoms with E-state index in [9.17, 15) is 0 Å². The third-order valence-corrected chi connectivity index (χ3v) is 3.27. The Kier molecular flexibility index (Phi) is 3.70. The Morgan fingerprint density at radius 2 is 2.09 bits per heavy atom. The first-order valence-corrected chi connectivity index (χ1v) is 7.01. The molecule has 110 valence electrons. The van der Waals surface area contributed by atoms with Gasteiger partial charge in [0.1, 0.15) is 6.33 Å². The number of rotatable bonds is 4. The van der Waals surface area contributed by atoms with Crippen molar-refractivity contribution in [1.29, 1.82) is 0 Å². The van der Waals surface area contributed by atoms with Crippen molar-refractivity contribution in [3.8, 4) is 11.4 Å². The molecule has 1 aromatic carbocycles. The lowest BCUT2D eigenvalue weighted by Crippen LogP contribution is -1.85. The van der Waals surface area contributed by atoms with Crippen LogP contribution in [0.5, 0.6) is 0 Å². The van der Waals surface area contributed by atoms with Crippen molar-refractivity contribution in [3.05, 3.63) is 60.6 Å². The standard InChI is InChI=1S/C17H17N5/c1-4-5-12(8-11(2)3)16-14-9-13(17-18-10-19-22-17)6-7-15(14)20-21-16/h4-10H,1H2,2-3H3,(H,20,21)(H,18,19,22)/b12-5+. The van der Waals surface area contributed by atoms with Gasteiger partial charge in [0.15, 0.2) is 5.82 Å². The lowest BCUT2D eigenvalue weighted by atomic mass is 10.0. The highest BCUT2D eigenvalue weighted by molar-refractivity contribution is 5.95. The highest BCUT2D eigenvalue weighted by Crippen LogP contribution is 2.28. The van der Waals surface area contributed by atoms with Crippen molar-refractivity contribution in [2.45, 2.75) is 13.8 Å². The second-order valence-corrected chi connectivity index (χ2v) is 5.25. The molecule has 0 saturated heterocycles. The number of hydrogen-bond donors (Lipinski definition) is 2. The van der Waals surface area contributed by atoms with E-state index in [1.807, 2.05) is 18.2 Å². The van der Waals surface area contributed by atoms with Crippen LogP contribution in [0.4, 0.5) is 0 Å². The smallest absolute Gasteiger partial charge is 0.155 e.